The normalized spacial score (nSPS) is 8.93. The highest BCUT2D eigenvalue weighted by Gasteiger charge is 1.84. The van der Waals surface area contributed by atoms with Gasteiger partial charge in [0.05, 0.1) is 12.9 Å². The molecule has 0 aromatic heterocycles. The molecule has 0 aromatic carbocycles. The maximum absolute atomic E-state index is 4.99. The molecule has 0 aromatic rings. The molecule has 0 amide bonds. The van der Waals surface area contributed by atoms with Gasteiger partial charge in [-0.05, 0) is 12.8 Å². The van der Waals surface area contributed by atoms with Crippen LogP contribution in [0.15, 0.2) is 12.8 Å². The molecule has 0 saturated carbocycles. The van der Waals surface area contributed by atoms with E-state index in [1.54, 1.807) is 0 Å². The summed E-state index contributed by atoms with van der Waals surface area (Å²) in [5.41, 5.74) is 0. The molecule has 0 heterocycles. The van der Waals surface area contributed by atoms with Crippen LogP contribution in [0, 0.1) is 11.8 Å². The second-order valence-corrected chi connectivity index (χ2v) is 3.31. The van der Waals surface area contributed by atoms with Crippen LogP contribution in [0.4, 0.5) is 0 Å². The van der Waals surface area contributed by atoms with Gasteiger partial charge in [0.2, 0.25) is 0 Å². The second kappa shape index (κ2) is 12.1. The van der Waals surface area contributed by atoms with Crippen LogP contribution >= 0.6 is 0 Å². The summed E-state index contributed by atoms with van der Waals surface area (Å²) in [7, 11) is 0. The first-order valence-corrected chi connectivity index (χ1v) is 5.60. The van der Waals surface area contributed by atoms with Crippen LogP contribution in [-0.4, -0.2) is 6.61 Å². The summed E-state index contributed by atoms with van der Waals surface area (Å²) in [5, 5.41) is 0. The Morgan fingerprint density at radius 2 is 1.79 bits per heavy atom. The molecule has 80 valence electrons. The molecule has 0 radical (unpaired) electrons. The van der Waals surface area contributed by atoms with E-state index in [1.807, 2.05) is 0 Å². The third-order valence-electron chi connectivity index (χ3n) is 1.96. The summed E-state index contributed by atoms with van der Waals surface area (Å²) in [6.45, 7) is 6.45. The summed E-state index contributed by atoms with van der Waals surface area (Å²) in [4.78, 5) is 0. The summed E-state index contributed by atoms with van der Waals surface area (Å²) < 4.78 is 4.99. The first-order chi connectivity index (χ1) is 6.91. The second-order valence-electron chi connectivity index (χ2n) is 3.31. The Bertz CT molecular complexity index is 173. The van der Waals surface area contributed by atoms with E-state index in [0.29, 0.717) is 0 Å². The van der Waals surface area contributed by atoms with Gasteiger partial charge in [-0.25, -0.2) is 0 Å². The molecule has 1 heteroatoms. The number of hydrogen-bond acceptors (Lipinski definition) is 1. The lowest BCUT2D eigenvalue weighted by atomic mass is 10.1. The van der Waals surface area contributed by atoms with Crippen molar-refractivity contribution in [2.45, 2.75) is 51.9 Å². The number of ether oxygens (including phenoxy) is 1. The Hall–Kier alpha value is -0.900. The highest BCUT2D eigenvalue weighted by atomic mass is 16.5. The molecule has 0 fully saturated rings. The molecular weight excluding hydrogens is 172 g/mol. The van der Waals surface area contributed by atoms with Gasteiger partial charge in [0, 0.05) is 12.8 Å². The quantitative estimate of drug-likeness (QED) is 0.323. The molecule has 0 spiro atoms. The van der Waals surface area contributed by atoms with Crippen molar-refractivity contribution in [3.8, 4) is 11.8 Å². The van der Waals surface area contributed by atoms with Gasteiger partial charge in [0.15, 0.2) is 0 Å². The van der Waals surface area contributed by atoms with Crippen molar-refractivity contribution in [1.29, 1.82) is 0 Å². The van der Waals surface area contributed by atoms with E-state index in [2.05, 4.69) is 25.3 Å². The van der Waals surface area contributed by atoms with Crippen molar-refractivity contribution >= 4 is 0 Å². The summed E-state index contributed by atoms with van der Waals surface area (Å²) in [6.07, 6.45) is 9.71. The van der Waals surface area contributed by atoms with Gasteiger partial charge >= 0.3 is 0 Å². The van der Waals surface area contributed by atoms with Crippen molar-refractivity contribution in [3.63, 3.8) is 0 Å². The van der Waals surface area contributed by atoms with E-state index in [0.717, 1.165) is 25.9 Å². The third kappa shape index (κ3) is 11.1. The maximum atomic E-state index is 4.99. The third-order valence-corrected chi connectivity index (χ3v) is 1.96. The molecule has 0 rings (SSSR count). The Balaban J connectivity index is 3.06. The highest BCUT2D eigenvalue weighted by molar-refractivity contribution is 4.98. The van der Waals surface area contributed by atoms with E-state index >= 15 is 0 Å². The topological polar surface area (TPSA) is 9.23 Å². The first-order valence-electron chi connectivity index (χ1n) is 5.60. The predicted molar refractivity (Wildman–Crippen MR) is 61.9 cm³/mol. The van der Waals surface area contributed by atoms with E-state index in [4.69, 9.17) is 4.74 Å². The Labute approximate surface area is 88.5 Å². The van der Waals surface area contributed by atoms with Crippen molar-refractivity contribution in [2.24, 2.45) is 0 Å². The van der Waals surface area contributed by atoms with Gasteiger partial charge in [-0.15, -0.1) is 11.8 Å². The minimum absolute atomic E-state index is 0.744. The molecule has 0 atom stereocenters. The molecule has 14 heavy (non-hydrogen) atoms. The first kappa shape index (κ1) is 13.1. The zero-order chi connectivity index (χ0) is 10.5. The minimum atomic E-state index is 0.744. The van der Waals surface area contributed by atoms with Crippen LogP contribution in [0.25, 0.3) is 0 Å². The molecule has 0 aliphatic heterocycles. The van der Waals surface area contributed by atoms with E-state index in [-0.39, 0.29) is 0 Å². The summed E-state index contributed by atoms with van der Waals surface area (Å²) in [5.74, 6) is 6.35. The lowest BCUT2D eigenvalue weighted by molar-refractivity contribution is 0.247. The van der Waals surface area contributed by atoms with Crippen LogP contribution < -0.4 is 0 Å². The largest absolute Gasteiger partial charge is 0.502 e. The highest BCUT2D eigenvalue weighted by Crippen LogP contribution is 2.01. The van der Waals surface area contributed by atoms with Gasteiger partial charge in [-0.1, -0.05) is 32.8 Å². The van der Waals surface area contributed by atoms with Crippen molar-refractivity contribution in [2.75, 3.05) is 6.61 Å². The van der Waals surface area contributed by atoms with E-state index in [1.165, 1.54) is 31.9 Å². The van der Waals surface area contributed by atoms with Gasteiger partial charge < -0.3 is 4.74 Å². The zero-order valence-corrected chi connectivity index (χ0v) is 9.35. The average Bonchev–Trinajstić information content (AvgIpc) is 2.21. The van der Waals surface area contributed by atoms with Crippen LogP contribution in [0.3, 0.4) is 0 Å². The Morgan fingerprint density at radius 3 is 2.43 bits per heavy atom. The lowest BCUT2D eigenvalue weighted by Crippen LogP contribution is -1.84. The van der Waals surface area contributed by atoms with Crippen molar-refractivity contribution < 1.29 is 4.74 Å². The summed E-state index contributed by atoms with van der Waals surface area (Å²) in [6, 6.07) is 0. The Morgan fingerprint density at radius 1 is 1.07 bits per heavy atom. The monoisotopic (exact) mass is 194 g/mol. The van der Waals surface area contributed by atoms with Crippen LogP contribution in [0.5, 0.6) is 0 Å². The molecule has 0 N–H and O–H groups in total. The molecular formula is C13H22O. The smallest absolute Gasteiger partial charge is 0.0882 e. The van der Waals surface area contributed by atoms with E-state index < -0.39 is 0 Å². The fourth-order valence-electron chi connectivity index (χ4n) is 1.14. The maximum Gasteiger partial charge on any atom is 0.0882 e. The average molecular weight is 194 g/mol. The Kier molecular flexibility index (Phi) is 11.3. The van der Waals surface area contributed by atoms with Gasteiger partial charge in [0.25, 0.3) is 0 Å². The van der Waals surface area contributed by atoms with Gasteiger partial charge in [-0.3, -0.25) is 0 Å². The molecule has 0 saturated heterocycles. The van der Waals surface area contributed by atoms with Gasteiger partial charge in [0.1, 0.15) is 0 Å². The van der Waals surface area contributed by atoms with Gasteiger partial charge in [-0.2, -0.15) is 0 Å². The van der Waals surface area contributed by atoms with Crippen LogP contribution in [0.1, 0.15) is 51.9 Å². The molecule has 0 aliphatic carbocycles. The van der Waals surface area contributed by atoms with Crippen molar-refractivity contribution in [3.05, 3.63) is 12.8 Å². The molecule has 0 aliphatic rings. The number of hydrogen-bond donors (Lipinski definition) is 0. The fourth-order valence-corrected chi connectivity index (χ4v) is 1.14. The van der Waals surface area contributed by atoms with Crippen molar-refractivity contribution in [1.82, 2.24) is 0 Å². The molecule has 0 unspecified atom stereocenters. The lowest BCUT2D eigenvalue weighted by Gasteiger charge is -1.94. The molecule has 1 nitrogen and oxygen atoms in total. The van der Waals surface area contributed by atoms with E-state index in [9.17, 15) is 0 Å². The predicted octanol–water partition coefficient (Wildman–Crippen LogP) is 3.90. The number of unbranched alkanes of at least 4 members (excludes halogenated alkanes) is 5. The molecule has 0 bridgehead atoms. The van der Waals surface area contributed by atoms with Crippen LogP contribution in [-0.2, 0) is 4.74 Å². The SMILES string of the molecule is C=COCCCC#CCCCCCC. The zero-order valence-electron chi connectivity index (χ0n) is 9.35. The van der Waals surface area contributed by atoms with Crippen LogP contribution in [0.2, 0.25) is 0 Å². The fraction of sp³-hybridized carbons (Fsp3) is 0.692. The minimum Gasteiger partial charge on any atom is -0.502 e. The summed E-state index contributed by atoms with van der Waals surface area (Å²) >= 11 is 0. The standard InChI is InChI=1S/C13H22O/c1-3-5-6-7-8-9-10-11-12-13-14-4-2/h4H,2-3,5-8,11-13H2,1H3. The number of rotatable bonds is 8.